The van der Waals surface area contributed by atoms with Crippen LogP contribution in [0.2, 0.25) is 0 Å². The normalized spacial score (nSPS) is 16.7. The number of pyridine rings is 2. The number of aryl methyl sites for hydroxylation is 2. The number of aromatic nitrogens is 3. The lowest BCUT2D eigenvalue weighted by atomic mass is 9.79. The highest BCUT2D eigenvalue weighted by Gasteiger charge is 2.39. The molecule has 1 aliphatic rings. The summed E-state index contributed by atoms with van der Waals surface area (Å²) in [6.45, 7) is 2.01. The first-order valence-electron chi connectivity index (χ1n) is 12.2. The zero-order valence-corrected chi connectivity index (χ0v) is 22.1. The Bertz CT molecular complexity index is 1650. The van der Waals surface area contributed by atoms with Crippen molar-refractivity contribution in [1.82, 2.24) is 15.0 Å². The number of benzene rings is 1. The maximum absolute atomic E-state index is 11.8. The molecular weight excluding hydrogens is 516 g/mol. The Morgan fingerprint density at radius 3 is 2.76 bits per heavy atom. The molecule has 6 rings (SSSR count). The van der Waals surface area contributed by atoms with Gasteiger partial charge in [-0.2, -0.15) is 11.3 Å². The van der Waals surface area contributed by atoms with Gasteiger partial charge >= 0.3 is 5.97 Å². The molecular formula is C29H24N4O3S2. The van der Waals surface area contributed by atoms with Crippen molar-refractivity contribution in [2.24, 2.45) is 0 Å². The van der Waals surface area contributed by atoms with E-state index < -0.39 is 11.6 Å². The summed E-state index contributed by atoms with van der Waals surface area (Å²) < 4.78 is 0. The second kappa shape index (κ2) is 9.75. The van der Waals surface area contributed by atoms with Crippen LogP contribution >= 0.6 is 22.7 Å². The molecule has 0 aliphatic heterocycles. The lowest BCUT2D eigenvalue weighted by Crippen LogP contribution is -2.32. The molecule has 0 saturated heterocycles. The molecule has 38 heavy (non-hydrogen) atoms. The standard InChI is InChI=1S/C29H24N4O3S2/c1-17-11-23(32-26(12-17)33-25-14-18(6-9-30-25)21-7-10-37-16-21)24-15-31-28(38-24)29(36)8-2-3-19-13-20(27(34)35)4-5-22(19)29/h4-7,9-16,36H,2-3,8H2,1H3,(H,34,35)(H,30,32,33)/t29-/m1/s1. The minimum Gasteiger partial charge on any atom is -0.478 e. The third-order valence-corrected chi connectivity index (χ3v) is 8.59. The smallest absolute Gasteiger partial charge is 0.335 e. The van der Waals surface area contributed by atoms with Gasteiger partial charge in [-0.1, -0.05) is 6.07 Å². The summed E-state index contributed by atoms with van der Waals surface area (Å²) >= 11 is 3.06. The van der Waals surface area contributed by atoms with Crippen LogP contribution in [0.3, 0.4) is 0 Å². The molecule has 0 radical (unpaired) electrons. The summed E-state index contributed by atoms with van der Waals surface area (Å²) in [6, 6.07) is 15.0. The fourth-order valence-corrected chi connectivity index (χ4v) is 6.58. The topological polar surface area (TPSA) is 108 Å². The van der Waals surface area contributed by atoms with Crippen molar-refractivity contribution in [2.75, 3.05) is 5.32 Å². The molecule has 3 N–H and O–H groups in total. The molecule has 0 amide bonds. The summed E-state index contributed by atoms with van der Waals surface area (Å²) in [6.07, 6.45) is 5.53. The van der Waals surface area contributed by atoms with Crippen molar-refractivity contribution >= 4 is 40.3 Å². The van der Waals surface area contributed by atoms with Gasteiger partial charge in [0.05, 0.1) is 16.1 Å². The minimum atomic E-state index is -1.26. The van der Waals surface area contributed by atoms with Gasteiger partial charge in [-0.3, -0.25) is 0 Å². The Labute approximate surface area is 227 Å². The summed E-state index contributed by atoms with van der Waals surface area (Å²) in [7, 11) is 0. The maximum Gasteiger partial charge on any atom is 0.335 e. The van der Waals surface area contributed by atoms with Crippen LogP contribution < -0.4 is 5.32 Å². The quantitative estimate of drug-likeness (QED) is 0.221. The fourth-order valence-electron chi connectivity index (χ4n) is 4.91. The number of hydrogen-bond donors (Lipinski definition) is 3. The zero-order chi connectivity index (χ0) is 26.3. The largest absolute Gasteiger partial charge is 0.478 e. The number of anilines is 2. The van der Waals surface area contributed by atoms with Gasteiger partial charge in [-0.05, 0) is 107 Å². The number of rotatable bonds is 6. The van der Waals surface area contributed by atoms with Crippen molar-refractivity contribution in [1.29, 1.82) is 0 Å². The number of carboxylic acid groups (broad SMARTS) is 1. The van der Waals surface area contributed by atoms with Gasteiger partial charge in [0, 0.05) is 12.4 Å². The Hall–Kier alpha value is -3.92. The molecule has 4 heterocycles. The molecule has 0 spiro atoms. The molecule has 190 valence electrons. The highest BCUT2D eigenvalue weighted by molar-refractivity contribution is 7.15. The van der Waals surface area contributed by atoms with Crippen molar-refractivity contribution in [3.8, 4) is 21.7 Å². The number of aliphatic hydroxyl groups is 1. The van der Waals surface area contributed by atoms with E-state index in [4.69, 9.17) is 4.98 Å². The van der Waals surface area contributed by atoms with Crippen LogP contribution in [0, 0.1) is 6.92 Å². The molecule has 5 aromatic rings. The van der Waals surface area contributed by atoms with Crippen LogP contribution in [0.1, 0.15) is 44.9 Å². The van der Waals surface area contributed by atoms with E-state index in [0.29, 0.717) is 23.1 Å². The highest BCUT2D eigenvalue weighted by Crippen LogP contribution is 2.43. The summed E-state index contributed by atoms with van der Waals surface area (Å²) in [5.74, 6) is 0.409. The van der Waals surface area contributed by atoms with Crippen LogP contribution in [0.25, 0.3) is 21.7 Å². The van der Waals surface area contributed by atoms with E-state index in [2.05, 4.69) is 32.1 Å². The second-order valence-corrected chi connectivity index (χ2v) is 11.2. The van der Waals surface area contributed by atoms with E-state index >= 15 is 0 Å². The first-order valence-corrected chi connectivity index (χ1v) is 13.9. The Kier molecular flexibility index (Phi) is 6.27. The number of carbonyl (C=O) groups is 1. The van der Waals surface area contributed by atoms with Crippen molar-refractivity contribution in [3.05, 3.63) is 98.9 Å². The molecule has 0 saturated carbocycles. The van der Waals surface area contributed by atoms with E-state index in [-0.39, 0.29) is 5.56 Å². The number of thiazole rings is 1. The minimum absolute atomic E-state index is 0.229. The van der Waals surface area contributed by atoms with Crippen LogP contribution in [-0.4, -0.2) is 31.1 Å². The van der Waals surface area contributed by atoms with Gasteiger partial charge < -0.3 is 15.5 Å². The summed E-state index contributed by atoms with van der Waals surface area (Å²) in [5.41, 5.74) is 4.57. The molecule has 0 fully saturated rings. The third kappa shape index (κ3) is 4.60. The lowest BCUT2D eigenvalue weighted by molar-refractivity contribution is 0.0607. The first-order chi connectivity index (χ1) is 18.4. The molecule has 9 heteroatoms. The third-order valence-electron chi connectivity index (χ3n) is 6.73. The van der Waals surface area contributed by atoms with E-state index in [1.54, 1.807) is 41.9 Å². The Balaban J connectivity index is 1.30. The van der Waals surface area contributed by atoms with Gasteiger partial charge in [0.1, 0.15) is 22.2 Å². The average Bonchev–Trinajstić information content (AvgIpc) is 3.62. The van der Waals surface area contributed by atoms with E-state index in [0.717, 1.165) is 51.2 Å². The van der Waals surface area contributed by atoms with Gasteiger partial charge in [-0.15, -0.1) is 11.3 Å². The highest BCUT2D eigenvalue weighted by atomic mass is 32.1. The SMILES string of the molecule is Cc1cc(Nc2cc(-c3ccsc3)ccn2)nc(-c2cnc([C@@]3(O)CCCc4cc(C(=O)O)ccc43)s2)c1. The number of aromatic carboxylic acids is 1. The predicted octanol–water partition coefficient (Wildman–Crippen LogP) is 6.65. The Morgan fingerprint density at radius 1 is 1.05 bits per heavy atom. The number of fused-ring (bicyclic) bond motifs is 1. The van der Waals surface area contributed by atoms with E-state index in [1.807, 2.05) is 31.2 Å². The van der Waals surface area contributed by atoms with E-state index in [1.165, 1.54) is 11.3 Å². The zero-order valence-electron chi connectivity index (χ0n) is 20.5. The van der Waals surface area contributed by atoms with Crippen LogP contribution in [-0.2, 0) is 12.0 Å². The molecule has 1 aliphatic carbocycles. The van der Waals surface area contributed by atoms with Crippen LogP contribution in [0.15, 0.2) is 71.7 Å². The lowest BCUT2D eigenvalue weighted by Gasteiger charge is -2.33. The molecule has 0 bridgehead atoms. The maximum atomic E-state index is 11.8. The summed E-state index contributed by atoms with van der Waals surface area (Å²) in [5, 5.41) is 29.2. The number of hydrogen-bond acceptors (Lipinski definition) is 8. The second-order valence-electron chi connectivity index (χ2n) is 9.40. The molecule has 1 aromatic carbocycles. The average molecular weight is 541 g/mol. The fraction of sp³-hybridized carbons (Fsp3) is 0.172. The van der Waals surface area contributed by atoms with Crippen molar-refractivity contribution in [3.63, 3.8) is 0 Å². The van der Waals surface area contributed by atoms with Crippen LogP contribution in [0.5, 0.6) is 0 Å². The number of nitrogens with one attached hydrogen (secondary N) is 1. The van der Waals surface area contributed by atoms with Gasteiger partial charge in [0.15, 0.2) is 0 Å². The first kappa shape index (κ1) is 24.4. The van der Waals surface area contributed by atoms with Crippen molar-refractivity contribution in [2.45, 2.75) is 31.8 Å². The summed E-state index contributed by atoms with van der Waals surface area (Å²) in [4.78, 5) is 26.2. The number of nitrogens with zero attached hydrogens (tertiary/aromatic N) is 3. The van der Waals surface area contributed by atoms with Crippen molar-refractivity contribution < 1.29 is 15.0 Å². The molecule has 7 nitrogen and oxygen atoms in total. The molecule has 4 aromatic heterocycles. The Morgan fingerprint density at radius 2 is 1.95 bits per heavy atom. The predicted molar refractivity (Wildman–Crippen MR) is 150 cm³/mol. The molecule has 0 unspecified atom stereocenters. The number of carboxylic acids is 1. The molecule has 1 atom stereocenters. The van der Waals surface area contributed by atoms with Crippen LogP contribution in [0.4, 0.5) is 11.6 Å². The van der Waals surface area contributed by atoms with E-state index in [9.17, 15) is 15.0 Å². The number of thiophene rings is 1. The van der Waals surface area contributed by atoms with Gasteiger partial charge in [0.2, 0.25) is 0 Å². The monoisotopic (exact) mass is 540 g/mol. The van der Waals surface area contributed by atoms with Gasteiger partial charge in [-0.25, -0.2) is 19.7 Å². The van der Waals surface area contributed by atoms with Gasteiger partial charge in [0.25, 0.3) is 0 Å².